The first-order valence-electron chi connectivity index (χ1n) is 27.6. The number of benzene rings is 11. The summed E-state index contributed by atoms with van der Waals surface area (Å²) in [5.41, 5.74) is 9.69. The Labute approximate surface area is 461 Å². The fourth-order valence-corrected chi connectivity index (χ4v) is 22.4. The zero-order valence-electron chi connectivity index (χ0n) is 45.5. The van der Waals surface area contributed by atoms with E-state index >= 15 is 0 Å². The Morgan fingerprint density at radius 2 is 0.513 bits per heavy atom. The van der Waals surface area contributed by atoms with Gasteiger partial charge in [0.2, 0.25) is 0 Å². The molecule has 0 fully saturated rings. The van der Waals surface area contributed by atoms with Gasteiger partial charge in [0.05, 0.1) is 22.1 Å². The number of aromatic nitrogens is 2. The van der Waals surface area contributed by atoms with Gasteiger partial charge in [0.25, 0.3) is 0 Å². The van der Waals surface area contributed by atoms with E-state index in [-0.39, 0.29) is 10.8 Å². The van der Waals surface area contributed by atoms with Crippen LogP contribution >= 0.6 is 0 Å². The molecule has 0 aliphatic carbocycles. The van der Waals surface area contributed by atoms with Crippen molar-refractivity contribution in [2.75, 3.05) is 0 Å². The minimum absolute atomic E-state index is 0.0132. The molecule has 4 heteroatoms. The third-order valence-electron chi connectivity index (χ3n) is 16.7. The molecule has 0 amide bonds. The van der Waals surface area contributed by atoms with Crippen LogP contribution in [0.15, 0.2) is 279 Å². The van der Waals surface area contributed by atoms with Gasteiger partial charge in [-0.2, -0.15) is 0 Å². The van der Waals surface area contributed by atoms with Gasteiger partial charge < -0.3 is 9.13 Å². The zero-order valence-corrected chi connectivity index (χ0v) is 47.5. The van der Waals surface area contributed by atoms with Crippen LogP contribution in [-0.4, -0.2) is 25.3 Å². The quantitative estimate of drug-likeness (QED) is 0.0954. The van der Waals surface area contributed by atoms with E-state index in [4.69, 9.17) is 0 Å². The summed E-state index contributed by atoms with van der Waals surface area (Å²) in [6, 6.07) is 106. The minimum Gasteiger partial charge on any atom is -0.309 e. The third kappa shape index (κ3) is 7.96. The SMILES string of the molecule is CC(C)(C)c1ccc2c(c1)c1ccc([Si](c3ccccc3)(c3ccccc3)c3ccccc3)cc1n2-c1ccc(-n2c3cc(C(C)(C)C)ccc3c3ccc([Si](c4ccccc4)(c4ccccc4)c4ccccc4)cc32)cc1. The monoisotopic (exact) mass is 1040 g/mol. The molecule has 0 saturated carbocycles. The first-order valence-corrected chi connectivity index (χ1v) is 31.6. The van der Waals surface area contributed by atoms with Gasteiger partial charge in [-0.1, -0.05) is 266 Å². The van der Waals surface area contributed by atoms with Crippen molar-refractivity contribution >= 4 is 101 Å². The van der Waals surface area contributed by atoms with Gasteiger partial charge >= 0.3 is 0 Å². The molecule has 378 valence electrons. The number of fused-ring (bicyclic) bond motifs is 6. The van der Waals surface area contributed by atoms with Gasteiger partial charge in [-0.05, 0) is 118 Å². The predicted octanol–water partition coefficient (Wildman–Crippen LogP) is 13.2. The van der Waals surface area contributed by atoms with Crippen molar-refractivity contribution in [3.05, 3.63) is 290 Å². The maximum Gasteiger partial charge on any atom is 0.179 e. The number of nitrogens with zero attached hydrogens (tertiary/aromatic N) is 2. The maximum atomic E-state index is 2.55. The lowest BCUT2D eigenvalue weighted by atomic mass is 9.86. The molecule has 0 atom stereocenters. The van der Waals surface area contributed by atoms with E-state index in [1.807, 2.05) is 0 Å². The molecule has 0 aliphatic rings. The van der Waals surface area contributed by atoms with Crippen LogP contribution in [0, 0.1) is 0 Å². The van der Waals surface area contributed by atoms with Crippen LogP contribution in [0.4, 0.5) is 0 Å². The largest absolute Gasteiger partial charge is 0.309 e. The van der Waals surface area contributed by atoms with Crippen molar-refractivity contribution in [2.45, 2.75) is 52.4 Å². The van der Waals surface area contributed by atoms with E-state index in [0.29, 0.717) is 0 Å². The second kappa shape index (κ2) is 19.2. The summed E-state index contributed by atoms with van der Waals surface area (Å²) in [6.45, 7) is 13.9. The Balaban J connectivity index is 1.06. The van der Waals surface area contributed by atoms with Crippen molar-refractivity contribution in [1.29, 1.82) is 0 Å². The highest BCUT2D eigenvalue weighted by Crippen LogP contribution is 2.38. The lowest BCUT2D eigenvalue weighted by Crippen LogP contribution is -2.74. The second-order valence-electron chi connectivity index (χ2n) is 23.3. The average molecular weight is 1040 g/mol. The highest BCUT2D eigenvalue weighted by atomic mass is 28.3. The van der Waals surface area contributed by atoms with Crippen LogP contribution in [0.5, 0.6) is 0 Å². The molecule has 2 nitrogen and oxygen atoms in total. The molecule has 78 heavy (non-hydrogen) atoms. The van der Waals surface area contributed by atoms with E-state index in [9.17, 15) is 0 Å². The molecule has 11 aromatic carbocycles. The van der Waals surface area contributed by atoms with Crippen molar-refractivity contribution in [3.63, 3.8) is 0 Å². The Hall–Kier alpha value is -8.55. The van der Waals surface area contributed by atoms with Crippen LogP contribution in [0.25, 0.3) is 55.0 Å². The molecule has 2 heterocycles. The number of hydrogen-bond donors (Lipinski definition) is 0. The summed E-state index contributed by atoms with van der Waals surface area (Å²) in [5.74, 6) is 0. The summed E-state index contributed by atoms with van der Waals surface area (Å²) >= 11 is 0. The van der Waals surface area contributed by atoms with E-state index in [0.717, 1.165) is 11.4 Å². The fourth-order valence-electron chi connectivity index (χ4n) is 12.9. The molecule has 2 aromatic heterocycles. The summed E-state index contributed by atoms with van der Waals surface area (Å²) in [6.07, 6.45) is 0. The third-order valence-corrected chi connectivity index (χ3v) is 26.3. The number of rotatable bonds is 10. The first kappa shape index (κ1) is 49.1. The number of hydrogen-bond acceptors (Lipinski definition) is 0. The second-order valence-corrected chi connectivity index (χ2v) is 30.9. The minimum atomic E-state index is -2.84. The molecular weight excluding hydrogens is 973 g/mol. The first-order chi connectivity index (χ1) is 38.0. The average Bonchev–Trinajstić information content (AvgIpc) is 4.08. The van der Waals surface area contributed by atoms with Gasteiger partial charge in [-0.3, -0.25) is 0 Å². The molecule has 13 rings (SSSR count). The molecule has 0 unspecified atom stereocenters. The highest BCUT2D eigenvalue weighted by Gasteiger charge is 2.43. The van der Waals surface area contributed by atoms with Crippen LogP contribution in [0.1, 0.15) is 52.7 Å². The van der Waals surface area contributed by atoms with Gasteiger partial charge in [-0.15, -0.1) is 0 Å². The van der Waals surface area contributed by atoms with E-state index < -0.39 is 16.1 Å². The molecule has 0 saturated heterocycles. The standard InChI is InChI=1S/C74H64N2Si2/c1-73(2,3)53-38-48-69-68(49-53)67-47-44-64(78(60-31-19-10-20-32-60,61-33-21-11-22-34-61)62-35-23-12-24-36-62)52-72(67)75(69)55-39-41-56(42-40-55)76-70-50-54(74(4,5)6)37-45-65(70)66-46-43-63(51-71(66)76)77(57-25-13-7-14-26-57,58-27-15-8-16-28-58)59-29-17-9-18-30-59/h7-52H,1-6H3. The molecule has 13 aromatic rings. The molecule has 0 aliphatic heterocycles. The van der Waals surface area contributed by atoms with E-state index in [1.54, 1.807) is 0 Å². The van der Waals surface area contributed by atoms with Crippen LogP contribution < -0.4 is 41.5 Å². The molecular formula is C74H64N2Si2. The molecule has 0 N–H and O–H groups in total. The Bertz CT molecular complexity index is 4090. The summed E-state index contributed by atoms with van der Waals surface area (Å²) in [7, 11) is -5.69. The van der Waals surface area contributed by atoms with Crippen molar-refractivity contribution in [3.8, 4) is 11.4 Å². The zero-order chi connectivity index (χ0) is 53.2. The summed E-state index contributed by atoms with van der Waals surface area (Å²) < 4.78 is 5.08. The predicted molar refractivity (Wildman–Crippen MR) is 340 cm³/mol. The van der Waals surface area contributed by atoms with Crippen molar-refractivity contribution in [1.82, 2.24) is 9.13 Å². The van der Waals surface area contributed by atoms with Gasteiger partial charge in [0.1, 0.15) is 0 Å². The summed E-state index contributed by atoms with van der Waals surface area (Å²) in [5, 5.41) is 15.9. The maximum absolute atomic E-state index is 2.84. The highest BCUT2D eigenvalue weighted by molar-refractivity contribution is 7.20. The Morgan fingerprint density at radius 3 is 0.859 bits per heavy atom. The topological polar surface area (TPSA) is 9.86 Å². The normalized spacial score (nSPS) is 12.5. The van der Waals surface area contributed by atoms with Crippen LogP contribution in [-0.2, 0) is 10.8 Å². The van der Waals surface area contributed by atoms with Crippen molar-refractivity contribution in [2.24, 2.45) is 0 Å². The lowest BCUT2D eigenvalue weighted by Gasteiger charge is -2.34. The Kier molecular flexibility index (Phi) is 12.1. The van der Waals surface area contributed by atoms with E-state index in [2.05, 4.69) is 330 Å². The van der Waals surface area contributed by atoms with Gasteiger partial charge in [-0.25, -0.2) is 0 Å². The van der Waals surface area contributed by atoms with Crippen LogP contribution in [0.3, 0.4) is 0 Å². The molecule has 0 bridgehead atoms. The fraction of sp³-hybridized carbons (Fsp3) is 0.108. The van der Waals surface area contributed by atoms with Crippen molar-refractivity contribution < 1.29 is 0 Å². The Morgan fingerprint density at radius 1 is 0.231 bits per heavy atom. The molecule has 0 spiro atoms. The summed E-state index contributed by atoms with van der Waals surface area (Å²) in [4.78, 5) is 0. The lowest BCUT2D eigenvalue weighted by molar-refractivity contribution is 0.590. The van der Waals surface area contributed by atoms with E-state index in [1.165, 1.54) is 96.2 Å². The van der Waals surface area contributed by atoms with Gasteiger partial charge in [0, 0.05) is 32.9 Å². The molecule has 0 radical (unpaired) electrons. The smallest absolute Gasteiger partial charge is 0.179 e. The van der Waals surface area contributed by atoms with Gasteiger partial charge in [0.15, 0.2) is 16.1 Å². The van der Waals surface area contributed by atoms with Crippen LogP contribution in [0.2, 0.25) is 0 Å².